The molecule has 0 amide bonds. The zero-order chi connectivity index (χ0) is 9.90. The highest BCUT2D eigenvalue weighted by atomic mass is 32.2. The molecule has 0 saturated heterocycles. The summed E-state index contributed by atoms with van der Waals surface area (Å²) < 4.78 is 36.5. The third-order valence-corrected chi connectivity index (χ3v) is 2.46. The van der Waals surface area contributed by atoms with E-state index in [-0.39, 0.29) is 0 Å². The fourth-order valence-electron chi connectivity index (χ4n) is 0.949. The third kappa shape index (κ3) is 2.99. The first kappa shape index (κ1) is 10.5. The van der Waals surface area contributed by atoms with E-state index in [2.05, 4.69) is 0 Å². The van der Waals surface area contributed by atoms with Crippen molar-refractivity contribution in [3.05, 3.63) is 24.3 Å². The molecule has 0 aromatic heterocycles. The van der Waals surface area contributed by atoms with Gasteiger partial charge in [-0.1, -0.05) is 31.2 Å². The van der Waals surface area contributed by atoms with Gasteiger partial charge < -0.3 is 12.9 Å². The van der Waals surface area contributed by atoms with Gasteiger partial charge in [0.15, 0.2) is 0 Å². The normalized spacial score (nSPS) is 11.7. The molecule has 0 unspecified atom stereocenters. The minimum Gasteiger partial charge on any atom is -0.445 e. The van der Waals surface area contributed by atoms with E-state index < -0.39 is 12.4 Å². The molecule has 0 aliphatic carbocycles. The van der Waals surface area contributed by atoms with Crippen LogP contribution in [0.3, 0.4) is 0 Å². The van der Waals surface area contributed by atoms with Gasteiger partial charge in [-0.15, -0.1) is 17.2 Å². The highest BCUT2D eigenvalue weighted by molar-refractivity contribution is 7.99. The van der Waals surface area contributed by atoms with Gasteiger partial charge >= 0.3 is 6.98 Å². The van der Waals surface area contributed by atoms with Gasteiger partial charge in [-0.05, 0) is 5.75 Å². The van der Waals surface area contributed by atoms with Crippen LogP contribution in [0.5, 0.6) is 0 Å². The summed E-state index contributed by atoms with van der Waals surface area (Å²) in [5, 5.41) is 0. The first-order valence-corrected chi connectivity index (χ1v) is 4.95. The van der Waals surface area contributed by atoms with Gasteiger partial charge in [-0.25, -0.2) is 0 Å². The molecule has 0 nitrogen and oxygen atoms in total. The lowest BCUT2D eigenvalue weighted by Gasteiger charge is -2.14. The second-order valence-corrected chi connectivity index (χ2v) is 3.91. The van der Waals surface area contributed by atoms with E-state index in [0.717, 1.165) is 22.8 Å². The Morgan fingerprint density at radius 1 is 1.15 bits per heavy atom. The number of thioether (sulfide) groups is 1. The van der Waals surface area contributed by atoms with E-state index in [0.29, 0.717) is 0 Å². The summed E-state index contributed by atoms with van der Waals surface area (Å²) in [6.07, 6.45) is 0. The summed E-state index contributed by atoms with van der Waals surface area (Å²) in [5.41, 5.74) is -0.527. The molecular weight excluding hydrogens is 196 g/mol. The molecule has 13 heavy (non-hydrogen) atoms. The highest BCUT2D eigenvalue weighted by Crippen LogP contribution is 2.17. The number of hydrogen-bond donors (Lipinski definition) is 0. The van der Waals surface area contributed by atoms with Crippen LogP contribution in [0.2, 0.25) is 0 Å². The molecule has 1 aromatic carbocycles. The molecule has 1 aromatic rings. The van der Waals surface area contributed by atoms with Crippen molar-refractivity contribution in [2.75, 3.05) is 5.75 Å². The van der Waals surface area contributed by atoms with Crippen molar-refractivity contribution >= 4 is 24.2 Å². The molecule has 0 radical (unpaired) electrons. The molecule has 0 spiro atoms. The molecule has 0 fully saturated rings. The molecule has 0 saturated carbocycles. The zero-order valence-corrected chi connectivity index (χ0v) is 7.95. The Bertz CT molecular complexity index is 268. The van der Waals surface area contributed by atoms with Crippen LogP contribution in [0.1, 0.15) is 6.92 Å². The highest BCUT2D eigenvalue weighted by Gasteiger charge is 2.24. The molecule has 72 valence electrons. The molecule has 0 atom stereocenters. The topological polar surface area (TPSA) is 0 Å². The Balaban J connectivity index is 2.81. The summed E-state index contributed by atoms with van der Waals surface area (Å²) in [4.78, 5) is 0.881. The average Bonchev–Trinajstić information content (AvgIpc) is 2.04. The van der Waals surface area contributed by atoms with Crippen LogP contribution in [-0.4, -0.2) is 12.7 Å². The Morgan fingerprint density at radius 3 is 2.08 bits per heavy atom. The van der Waals surface area contributed by atoms with E-state index in [1.807, 2.05) is 6.92 Å². The molecule has 0 bridgehead atoms. The second kappa shape index (κ2) is 4.09. The maximum Gasteiger partial charge on any atom is 0.509 e. The predicted octanol–water partition coefficient (Wildman–Crippen LogP) is 2.85. The largest absolute Gasteiger partial charge is 0.509 e. The lowest BCUT2D eigenvalue weighted by atomic mass is 9.80. The van der Waals surface area contributed by atoms with Gasteiger partial charge in [-0.3, -0.25) is 0 Å². The summed E-state index contributed by atoms with van der Waals surface area (Å²) >= 11 is 1.53. The van der Waals surface area contributed by atoms with Crippen LogP contribution in [0.4, 0.5) is 12.9 Å². The standard InChI is InChI=1S/C8H9BF3S/c1-2-13-8-5-3-7(4-6-8)9(10,11)12/h3-6H,2H2,1H3/q-1. The van der Waals surface area contributed by atoms with Crippen LogP contribution >= 0.6 is 11.8 Å². The molecule has 5 heteroatoms. The number of halogens is 3. The summed E-state index contributed by atoms with van der Waals surface area (Å²) in [6.45, 7) is -2.87. The van der Waals surface area contributed by atoms with Gasteiger partial charge in [0.2, 0.25) is 0 Å². The minimum atomic E-state index is -4.84. The quantitative estimate of drug-likeness (QED) is 0.540. The van der Waals surface area contributed by atoms with Crippen LogP contribution in [0.25, 0.3) is 0 Å². The molecule has 0 aliphatic rings. The lowest BCUT2D eigenvalue weighted by molar-refractivity contribution is 0.501. The van der Waals surface area contributed by atoms with E-state index in [9.17, 15) is 12.9 Å². The van der Waals surface area contributed by atoms with Crippen molar-refractivity contribution < 1.29 is 12.9 Å². The van der Waals surface area contributed by atoms with Crippen molar-refractivity contribution in [3.8, 4) is 0 Å². The van der Waals surface area contributed by atoms with Gasteiger partial charge in [0.25, 0.3) is 0 Å². The summed E-state index contributed by atoms with van der Waals surface area (Å²) in [7, 11) is 0. The zero-order valence-electron chi connectivity index (χ0n) is 7.14. The number of benzene rings is 1. The average molecular weight is 205 g/mol. The van der Waals surface area contributed by atoms with Gasteiger partial charge in [0, 0.05) is 4.90 Å². The molecule has 0 N–H and O–H groups in total. The van der Waals surface area contributed by atoms with Gasteiger partial charge in [-0.2, -0.15) is 0 Å². The Hall–Kier alpha value is -0.575. The fourth-order valence-corrected chi connectivity index (χ4v) is 1.61. The SMILES string of the molecule is CCSc1ccc([B-](F)(F)F)cc1. The van der Waals surface area contributed by atoms with Crippen LogP contribution in [0, 0.1) is 0 Å². The third-order valence-electron chi connectivity index (χ3n) is 1.57. The minimum absolute atomic E-state index is 0.527. The smallest absolute Gasteiger partial charge is 0.445 e. The van der Waals surface area contributed by atoms with Gasteiger partial charge in [0.05, 0.1) is 0 Å². The first-order chi connectivity index (χ1) is 6.04. The first-order valence-electron chi connectivity index (χ1n) is 3.96. The lowest BCUT2D eigenvalue weighted by Crippen LogP contribution is -2.33. The molecule has 0 aliphatic heterocycles. The van der Waals surface area contributed by atoms with Crippen molar-refractivity contribution in [1.29, 1.82) is 0 Å². The molecule has 0 heterocycles. The van der Waals surface area contributed by atoms with Crippen LogP contribution in [0.15, 0.2) is 29.2 Å². The maximum atomic E-state index is 12.2. The van der Waals surface area contributed by atoms with Crippen LogP contribution in [-0.2, 0) is 0 Å². The maximum absolute atomic E-state index is 12.2. The molecular formula is C8H9BF3S-. The fraction of sp³-hybridized carbons (Fsp3) is 0.250. The van der Waals surface area contributed by atoms with Crippen LogP contribution < -0.4 is 5.46 Å². The van der Waals surface area contributed by atoms with E-state index in [1.165, 1.54) is 23.9 Å². The summed E-state index contributed by atoms with van der Waals surface area (Å²) in [6, 6.07) is 5.30. The Labute approximate surface area is 79.6 Å². The van der Waals surface area contributed by atoms with E-state index >= 15 is 0 Å². The van der Waals surface area contributed by atoms with E-state index in [1.54, 1.807) is 0 Å². The summed E-state index contributed by atoms with van der Waals surface area (Å²) in [5.74, 6) is 0.872. The Morgan fingerprint density at radius 2 is 1.69 bits per heavy atom. The van der Waals surface area contributed by atoms with Gasteiger partial charge in [0.1, 0.15) is 0 Å². The van der Waals surface area contributed by atoms with E-state index in [4.69, 9.17) is 0 Å². The number of hydrogen-bond acceptors (Lipinski definition) is 1. The predicted molar refractivity (Wildman–Crippen MR) is 51.6 cm³/mol. The van der Waals surface area contributed by atoms with Crippen molar-refractivity contribution in [2.45, 2.75) is 11.8 Å². The molecule has 1 rings (SSSR count). The van der Waals surface area contributed by atoms with Crippen molar-refractivity contribution in [1.82, 2.24) is 0 Å². The van der Waals surface area contributed by atoms with Crippen molar-refractivity contribution in [3.63, 3.8) is 0 Å². The number of rotatable bonds is 3. The second-order valence-electron chi connectivity index (χ2n) is 2.58. The van der Waals surface area contributed by atoms with Crippen molar-refractivity contribution in [2.24, 2.45) is 0 Å². The monoisotopic (exact) mass is 205 g/mol. The Kier molecular flexibility index (Phi) is 3.30.